The van der Waals surface area contributed by atoms with Crippen LogP contribution in [0.2, 0.25) is 0 Å². The van der Waals surface area contributed by atoms with Crippen molar-refractivity contribution in [3.05, 3.63) is 35.9 Å². The molecule has 0 saturated carbocycles. The van der Waals surface area contributed by atoms with Gasteiger partial charge < -0.3 is 11.1 Å². The first-order chi connectivity index (χ1) is 8.70. The molecule has 5 nitrogen and oxygen atoms in total. The maximum atomic E-state index is 12.4. The van der Waals surface area contributed by atoms with E-state index in [2.05, 4.69) is 5.32 Å². The van der Waals surface area contributed by atoms with Crippen molar-refractivity contribution in [3.8, 4) is 0 Å². The first-order valence-electron chi connectivity index (χ1n) is 6.13. The highest BCUT2D eigenvalue weighted by atomic mass is 16.2. The summed E-state index contributed by atoms with van der Waals surface area (Å²) in [6, 6.07) is 9.01. The summed E-state index contributed by atoms with van der Waals surface area (Å²) in [7, 11) is 0. The molecule has 1 heterocycles. The number of amides is 1. The van der Waals surface area contributed by atoms with Gasteiger partial charge in [0.25, 0.3) is 5.91 Å². The molecular weight excluding hydrogens is 228 g/mol. The van der Waals surface area contributed by atoms with Crippen molar-refractivity contribution in [2.45, 2.75) is 18.9 Å². The molecule has 0 atom stereocenters. The van der Waals surface area contributed by atoms with E-state index in [-0.39, 0.29) is 17.9 Å². The van der Waals surface area contributed by atoms with Gasteiger partial charge >= 0.3 is 0 Å². The summed E-state index contributed by atoms with van der Waals surface area (Å²) in [5.41, 5.74) is 6.15. The largest absolute Gasteiger partial charge is 0.370 e. The summed E-state index contributed by atoms with van der Waals surface area (Å²) in [5, 5.41) is 10.9. The van der Waals surface area contributed by atoms with Gasteiger partial charge in [-0.2, -0.15) is 0 Å². The number of hydrogen-bond acceptors (Lipinski definition) is 3. The van der Waals surface area contributed by atoms with E-state index in [0.29, 0.717) is 5.56 Å². The third kappa shape index (κ3) is 2.68. The topological polar surface area (TPSA) is 82.2 Å². The highest BCUT2D eigenvalue weighted by Gasteiger charge is 2.28. The van der Waals surface area contributed by atoms with Gasteiger partial charge in [0.2, 0.25) is 0 Å². The minimum Gasteiger partial charge on any atom is -0.370 e. The molecule has 4 N–H and O–H groups in total. The van der Waals surface area contributed by atoms with Crippen LogP contribution < -0.4 is 11.1 Å². The quantitative estimate of drug-likeness (QED) is 0.532. The Hall–Kier alpha value is -1.88. The summed E-state index contributed by atoms with van der Waals surface area (Å²) in [6.45, 7) is 1.72. The van der Waals surface area contributed by atoms with Crippen molar-refractivity contribution in [2.24, 2.45) is 5.73 Å². The lowest BCUT2D eigenvalue weighted by molar-refractivity contribution is 0.0778. The van der Waals surface area contributed by atoms with Crippen molar-refractivity contribution in [3.63, 3.8) is 0 Å². The van der Waals surface area contributed by atoms with Crippen molar-refractivity contribution in [2.75, 3.05) is 13.1 Å². The van der Waals surface area contributed by atoms with Crippen LogP contribution in [0.1, 0.15) is 23.2 Å². The lowest BCUT2D eigenvalue weighted by Crippen LogP contribution is -2.51. The van der Waals surface area contributed by atoms with Gasteiger partial charge in [0, 0.05) is 11.6 Å². The van der Waals surface area contributed by atoms with Crippen LogP contribution in [-0.2, 0) is 0 Å². The predicted octanol–water partition coefficient (Wildman–Crippen LogP) is 0.774. The van der Waals surface area contributed by atoms with E-state index in [4.69, 9.17) is 11.1 Å². The van der Waals surface area contributed by atoms with Gasteiger partial charge in [-0.25, -0.2) is 0 Å². The van der Waals surface area contributed by atoms with Crippen LogP contribution in [0.25, 0.3) is 0 Å². The molecule has 0 spiro atoms. The number of nitrogens with zero attached hydrogens (tertiary/aromatic N) is 1. The van der Waals surface area contributed by atoms with E-state index in [9.17, 15) is 4.79 Å². The van der Waals surface area contributed by atoms with Crippen molar-refractivity contribution in [1.82, 2.24) is 10.2 Å². The predicted molar refractivity (Wildman–Crippen MR) is 70.4 cm³/mol. The zero-order valence-corrected chi connectivity index (χ0v) is 10.2. The van der Waals surface area contributed by atoms with Crippen LogP contribution in [0, 0.1) is 5.41 Å². The normalized spacial score (nSPS) is 16.2. The van der Waals surface area contributed by atoms with Crippen molar-refractivity contribution >= 4 is 11.9 Å². The molecule has 1 aliphatic rings. The van der Waals surface area contributed by atoms with E-state index in [1.165, 1.54) is 4.90 Å². The number of rotatable bonds is 2. The van der Waals surface area contributed by atoms with Gasteiger partial charge in [-0.05, 0) is 38.1 Å². The van der Waals surface area contributed by atoms with Crippen LogP contribution in [0.15, 0.2) is 30.3 Å². The second kappa shape index (κ2) is 5.64. The van der Waals surface area contributed by atoms with E-state index in [0.717, 1.165) is 25.9 Å². The number of hydrogen-bond donors (Lipinski definition) is 3. The number of benzene rings is 1. The highest BCUT2D eigenvalue weighted by molar-refractivity contribution is 6.04. The molecule has 5 heteroatoms. The van der Waals surface area contributed by atoms with E-state index >= 15 is 0 Å². The first kappa shape index (κ1) is 12.6. The average molecular weight is 246 g/mol. The second-order valence-electron chi connectivity index (χ2n) is 4.41. The van der Waals surface area contributed by atoms with Crippen LogP contribution >= 0.6 is 0 Å². The standard InChI is InChI=1S/C13H18N4O/c14-13(15)17(11-6-8-16-9-7-11)12(18)10-4-2-1-3-5-10/h1-5,11,16H,6-9H2,(H3,14,15). The Balaban J connectivity index is 2.19. The maximum absolute atomic E-state index is 12.4. The summed E-state index contributed by atoms with van der Waals surface area (Å²) in [5.74, 6) is -0.356. The lowest BCUT2D eigenvalue weighted by Gasteiger charge is -2.33. The van der Waals surface area contributed by atoms with Gasteiger partial charge in [0.15, 0.2) is 5.96 Å². The summed E-state index contributed by atoms with van der Waals surface area (Å²) < 4.78 is 0. The molecule has 1 saturated heterocycles. The van der Waals surface area contributed by atoms with Crippen molar-refractivity contribution in [1.29, 1.82) is 5.41 Å². The Labute approximate surface area is 106 Å². The summed E-state index contributed by atoms with van der Waals surface area (Å²) >= 11 is 0. The van der Waals surface area contributed by atoms with Crippen LogP contribution in [-0.4, -0.2) is 35.9 Å². The van der Waals surface area contributed by atoms with Gasteiger partial charge in [0.1, 0.15) is 0 Å². The average Bonchev–Trinajstić information content (AvgIpc) is 2.40. The number of piperidine rings is 1. The fourth-order valence-electron chi connectivity index (χ4n) is 2.26. The first-order valence-corrected chi connectivity index (χ1v) is 6.13. The Bertz CT molecular complexity index is 426. The summed E-state index contributed by atoms with van der Waals surface area (Å²) in [4.78, 5) is 13.8. The number of carbonyl (C=O) groups excluding carboxylic acids is 1. The van der Waals surface area contributed by atoms with Crippen LogP contribution in [0.3, 0.4) is 0 Å². The number of nitrogens with two attached hydrogens (primary N) is 1. The van der Waals surface area contributed by atoms with E-state index in [1.807, 2.05) is 18.2 Å². The van der Waals surface area contributed by atoms with Crippen LogP contribution in [0.5, 0.6) is 0 Å². The SMILES string of the molecule is N=C(N)N(C(=O)c1ccccc1)C1CCNCC1. The molecule has 96 valence electrons. The molecule has 1 fully saturated rings. The van der Waals surface area contributed by atoms with Crippen molar-refractivity contribution < 1.29 is 4.79 Å². The monoisotopic (exact) mass is 246 g/mol. The molecule has 1 aromatic rings. The van der Waals surface area contributed by atoms with Gasteiger partial charge in [-0.1, -0.05) is 18.2 Å². The molecule has 0 radical (unpaired) electrons. The molecule has 1 aromatic carbocycles. The third-order valence-electron chi connectivity index (χ3n) is 3.17. The minimum absolute atomic E-state index is 0.0245. The smallest absolute Gasteiger partial charge is 0.260 e. The number of guanidine groups is 1. The second-order valence-corrected chi connectivity index (χ2v) is 4.41. The highest BCUT2D eigenvalue weighted by Crippen LogP contribution is 2.15. The lowest BCUT2D eigenvalue weighted by atomic mass is 10.0. The van der Waals surface area contributed by atoms with Crippen LogP contribution in [0.4, 0.5) is 0 Å². The van der Waals surface area contributed by atoms with E-state index < -0.39 is 0 Å². The van der Waals surface area contributed by atoms with E-state index in [1.54, 1.807) is 12.1 Å². The molecule has 0 aliphatic carbocycles. The molecular formula is C13H18N4O. The fourth-order valence-corrected chi connectivity index (χ4v) is 2.26. The number of nitrogens with one attached hydrogen (secondary N) is 2. The minimum atomic E-state index is -0.185. The zero-order chi connectivity index (χ0) is 13.0. The summed E-state index contributed by atoms with van der Waals surface area (Å²) in [6.07, 6.45) is 1.66. The zero-order valence-electron chi connectivity index (χ0n) is 10.2. The fraction of sp³-hybridized carbons (Fsp3) is 0.385. The van der Waals surface area contributed by atoms with Gasteiger partial charge in [-0.3, -0.25) is 15.1 Å². The molecule has 1 aliphatic heterocycles. The Morgan fingerprint density at radius 2 is 1.89 bits per heavy atom. The molecule has 18 heavy (non-hydrogen) atoms. The maximum Gasteiger partial charge on any atom is 0.260 e. The Morgan fingerprint density at radius 1 is 1.28 bits per heavy atom. The third-order valence-corrected chi connectivity index (χ3v) is 3.17. The van der Waals surface area contributed by atoms with Gasteiger partial charge in [-0.15, -0.1) is 0 Å². The molecule has 0 unspecified atom stereocenters. The molecule has 0 bridgehead atoms. The Morgan fingerprint density at radius 3 is 2.44 bits per heavy atom. The van der Waals surface area contributed by atoms with Gasteiger partial charge in [0.05, 0.1) is 0 Å². The molecule has 2 rings (SSSR count). The Kier molecular flexibility index (Phi) is 3.94. The molecule has 1 amide bonds. The number of carbonyl (C=O) groups is 1. The molecule has 0 aromatic heterocycles.